The van der Waals surface area contributed by atoms with Gasteiger partial charge in [-0.3, -0.25) is 4.79 Å². The summed E-state index contributed by atoms with van der Waals surface area (Å²) in [5.41, 5.74) is 8.05. The van der Waals surface area contributed by atoms with Crippen molar-refractivity contribution < 1.29 is 0 Å². The Balaban J connectivity index is 2.01. The zero-order chi connectivity index (χ0) is 16.4. The summed E-state index contributed by atoms with van der Waals surface area (Å²) in [7, 11) is 0. The Bertz CT molecular complexity index is 888. The molecule has 0 aliphatic carbocycles. The molecule has 0 bridgehead atoms. The molecule has 0 radical (unpaired) electrons. The van der Waals surface area contributed by atoms with E-state index in [4.69, 9.17) is 17.3 Å². The third kappa shape index (κ3) is 3.37. The highest BCUT2D eigenvalue weighted by Gasteiger charge is 2.09. The molecular weight excluding hydrogens is 314 g/mol. The first kappa shape index (κ1) is 15.2. The maximum absolute atomic E-state index is 12.3. The van der Waals surface area contributed by atoms with Gasteiger partial charge in [-0.15, -0.1) is 0 Å². The molecule has 0 aliphatic rings. The van der Waals surface area contributed by atoms with E-state index in [1.807, 2.05) is 12.1 Å². The molecule has 6 nitrogen and oxygen atoms in total. The molecule has 0 atom stereocenters. The van der Waals surface area contributed by atoms with Crippen LogP contribution in [0.25, 0.3) is 11.4 Å². The number of nitrogens with two attached hydrogens (primary N) is 1. The van der Waals surface area contributed by atoms with Gasteiger partial charge in [-0.1, -0.05) is 23.7 Å². The molecule has 0 aliphatic heterocycles. The molecule has 3 rings (SSSR count). The maximum Gasteiger partial charge on any atom is 0.270 e. The van der Waals surface area contributed by atoms with Crippen molar-refractivity contribution in [3.63, 3.8) is 0 Å². The monoisotopic (exact) mass is 327 g/mol. The number of nitrogen functional groups attached to an aromatic ring is 1. The topological polar surface area (TPSA) is 86.7 Å². The molecule has 2 heterocycles. The largest absolute Gasteiger partial charge is 0.382 e. The number of halogens is 1. The van der Waals surface area contributed by atoms with Crippen LogP contribution in [-0.4, -0.2) is 19.7 Å². The van der Waals surface area contributed by atoms with E-state index in [1.54, 1.807) is 25.1 Å². The zero-order valence-electron chi connectivity index (χ0n) is 12.4. The Morgan fingerprint density at radius 2 is 1.87 bits per heavy atom. The number of hydrogen-bond donors (Lipinski definition) is 1. The van der Waals surface area contributed by atoms with Crippen molar-refractivity contribution in [3.8, 4) is 11.4 Å². The van der Waals surface area contributed by atoms with Gasteiger partial charge in [-0.2, -0.15) is 5.10 Å². The number of hydrogen-bond acceptors (Lipinski definition) is 5. The molecule has 0 unspecified atom stereocenters. The molecule has 1 aromatic carbocycles. The maximum atomic E-state index is 12.3. The SMILES string of the molecule is Cc1cc(-c2cnc(N)cn2)nn(Cc2ccc(Cl)cc2)c1=O. The first-order chi connectivity index (χ1) is 11.0. The van der Waals surface area contributed by atoms with Crippen LogP contribution in [-0.2, 0) is 6.54 Å². The normalized spacial score (nSPS) is 10.7. The van der Waals surface area contributed by atoms with E-state index in [1.165, 1.54) is 17.1 Å². The summed E-state index contributed by atoms with van der Waals surface area (Å²) in [6.45, 7) is 2.10. The minimum atomic E-state index is -0.146. The molecule has 2 aromatic heterocycles. The van der Waals surface area contributed by atoms with Gasteiger partial charge >= 0.3 is 0 Å². The van der Waals surface area contributed by atoms with Gasteiger partial charge in [0.25, 0.3) is 5.56 Å². The van der Waals surface area contributed by atoms with Crippen LogP contribution < -0.4 is 11.3 Å². The third-order valence-electron chi connectivity index (χ3n) is 3.33. The van der Waals surface area contributed by atoms with E-state index in [-0.39, 0.29) is 5.56 Å². The number of nitrogens with zero attached hydrogens (tertiary/aromatic N) is 4. The van der Waals surface area contributed by atoms with Crippen LogP contribution in [0.3, 0.4) is 0 Å². The van der Waals surface area contributed by atoms with Crippen LogP contribution in [0, 0.1) is 6.92 Å². The first-order valence-electron chi connectivity index (χ1n) is 6.94. The Hall–Kier alpha value is -2.73. The summed E-state index contributed by atoms with van der Waals surface area (Å²) in [5.74, 6) is 0.333. The van der Waals surface area contributed by atoms with E-state index in [9.17, 15) is 4.79 Å². The fraction of sp³-hybridized carbons (Fsp3) is 0.125. The fourth-order valence-electron chi connectivity index (χ4n) is 2.14. The van der Waals surface area contributed by atoms with Crippen LogP contribution in [0.4, 0.5) is 5.82 Å². The van der Waals surface area contributed by atoms with Crippen LogP contribution in [0.2, 0.25) is 5.02 Å². The molecule has 0 spiro atoms. The fourth-order valence-corrected chi connectivity index (χ4v) is 2.27. The molecule has 0 saturated carbocycles. The van der Waals surface area contributed by atoms with E-state index in [2.05, 4.69) is 15.1 Å². The van der Waals surface area contributed by atoms with Crippen molar-refractivity contribution in [2.24, 2.45) is 0 Å². The quantitative estimate of drug-likeness (QED) is 0.797. The lowest BCUT2D eigenvalue weighted by Crippen LogP contribution is -2.26. The summed E-state index contributed by atoms with van der Waals surface area (Å²) < 4.78 is 1.41. The second-order valence-corrected chi connectivity index (χ2v) is 5.56. The zero-order valence-corrected chi connectivity index (χ0v) is 13.2. The van der Waals surface area contributed by atoms with Gasteiger partial charge in [0.15, 0.2) is 0 Å². The molecule has 116 valence electrons. The van der Waals surface area contributed by atoms with Crippen LogP contribution in [0.1, 0.15) is 11.1 Å². The van der Waals surface area contributed by atoms with Gasteiger partial charge in [-0.25, -0.2) is 14.6 Å². The first-order valence-corrected chi connectivity index (χ1v) is 7.32. The number of aromatic nitrogens is 4. The number of aryl methyl sites for hydroxylation is 1. The average Bonchev–Trinajstić information content (AvgIpc) is 2.54. The molecule has 0 saturated heterocycles. The molecule has 23 heavy (non-hydrogen) atoms. The molecular formula is C16H14ClN5O. The number of benzene rings is 1. The lowest BCUT2D eigenvalue weighted by Gasteiger charge is -2.09. The van der Waals surface area contributed by atoms with Gasteiger partial charge in [0, 0.05) is 10.6 Å². The van der Waals surface area contributed by atoms with Crippen molar-refractivity contribution in [2.45, 2.75) is 13.5 Å². The average molecular weight is 328 g/mol. The van der Waals surface area contributed by atoms with Crippen LogP contribution >= 0.6 is 11.6 Å². The number of rotatable bonds is 3. The van der Waals surface area contributed by atoms with E-state index >= 15 is 0 Å². The Labute approximate surface area is 137 Å². The van der Waals surface area contributed by atoms with Crippen molar-refractivity contribution >= 4 is 17.4 Å². The summed E-state index contributed by atoms with van der Waals surface area (Å²) in [5, 5.41) is 5.03. The van der Waals surface area contributed by atoms with Crippen molar-refractivity contribution in [1.82, 2.24) is 19.7 Å². The lowest BCUT2D eigenvalue weighted by atomic mass is 10.2. The second kappa shape index (κ2) is 6.18. The van der Waals surface area contributed by atoms with Gasteiger partial charge in [-0.05, 0) is 30.7 Å². The summed E-state index contributed by atoms with van der Waals surface area (Å²) in [4.78, 5) is 20.5. The number of anilines is 1. The molecule has 3 aromatic rings. The van der Waals surface area contributed by atoms with E-state index in [0.717, 1.165) is 5.56 Å². The molecule has 0 amide bonds. The van der Waals surface area contributed by atoms with Crippen molar-refractivity contribution in [2.75, 3.05) is 5.73 Å². The predicted molar refractivity (Wildman–Crippen MR) is 89.2 cm³/mol. The Kier molecular flexibility index (Phi) is 4.08. The Morgan fingerprint density at radius 3 is 2.52 bits per heavy atom. The molecule has 0 fully saturated rings. The Morgan fingerprint density at radius 1 is 1.13 bits per heavy atom. The summed E-state index contributed by atoms with van der Waals surface area (Å²) in [6.07, 6.45) is 3.00. The second-order valence-electron chi connectivity index (χ2n) is 5.13. The highest BCUT2D eigenvalue weighted by atomic mass is 35.5. The van der Waals surface area contributed by atoms with Gasteiger partial charge in [0.05, 0.1) is 18.9 Å². The summed E-state index contributed by atoms with van der Waals surface area (Å²) in [6, 6.07) is 8.98. The van der Waals surface area contributed by atoms with Gasteiger partial charge < -0.3 is 5.73 Å². The third-order valence-corrected chi connectivity index (χ3v) is 3.59. The van der Waals surface area contributed by atoms with Crippen molar-refractivity contribution in [3.05, 3.63) is 69.2 Å². The standard InChI is InChI=1S/C16H14ClN5O/c1-10-6-13(14-7-20-15(18)8-19-14)21-22(16(10)23)9-11-2-4-12(17)5-3-11/h2-8H,9H2,1H3,(H2,18,20). The van der Waals surface area contributed by atoms with Gasteiger partial charge in [0.1, 0.15) is 17.2 Å². The highest BCUT2D eigenvalue weighted by molar-refractivity contribution is 6.30. The van der Waals surface area contributed by atoms with E-state index in [0.29, 0.717) is 34.3 Å². The predicted octanol–water partition coefficient (Wildman–Crippen LogP) is 2.29. The van der Waals surface area contributed by atoms with Crippen LogP contribution in [0.15, 0.2) is 47.5 Å². The minimum Gasteiger partial charge on any atom is -0.382 e. The summed E-state index contributed by atoms with van der Waals surface area (Å²) >= 11 is 5.88. The smallest absolute Gasteiger partial charge is 0.270 e. The highest BCUT2D eigenvalue weighted by Crippen LogP contribution is 2.14. The lowest BCUT2D eigenvalue weighted by molar-refractivity contribution is 0.637. The van der Waals surface area contributed by atoms with E-state index < -0.39 is 0 Å². The van der Waals surface area contributed by atoms with Crippen molar-refractivity contribution in [1.29, 1.82) is 0 Å². The van der Waals surface area contributed by atoms with Gasteiger partial charge in [0.2, 0.25) is 0 Å². The molecule has 2 N–H and O–H groups in total. The minimum absolute atomic E-state index is 0.146. The molecule has 7 heteroatoms. The van der Waals surface area contributed by atoms with Crippen LogP contribution in [0.5, 0.6) is 0 Å².